The van der Waals surface area contributed by atoms with Gasteiger partial charge in [0.1, 0.15) is 0 Å². The summed E-state index contributed by atoms with van der Waals surface area (Å²) in [5.74, 6) is 0. The zero-order valence-corrected chi connectivity index (χ0v) is 8.18. The number of hydrogen-bond acceptors (Lipinski definition) is 2. The quantitative estimate of drug-likeness (QED) is 0.562. The fourth-order valence-electron chi connectivity index (χ4n) is 2.28. The van der Waals surface area contributed by atoms with E-state index in [9.17, 15) is 0 Å². The van der Waals surface area contributed by atoms with E-state index in [-0.39, 0.29) is 18.9 Å². The van der Waals surface area contributed by atoms with Gasteiger partial charge in [0.05, 0.1) is 0 Å². The van der Waals surface area contributed by atoms with Crippen LogP contribution >= 0.6 is 0 Å². The van der Waals surface area contributed by atoms with Crippen molar-refractivity contribution < 1.29 is 0 Å². The van der Waals surface area contributed by atoms with Crippen molar-refractivity contribution in [3.05, 3.63) is 0 Å². The summed E-state index contributed by atoms with van der Waals surface area (Å²) in [4.78, 5) is 2.68. The van der Waals surface area contributed by atoms with Gasteiger partial charge in [-0.3, -0.25) is 0 Å². The van der Waals surface area contributed by atoms with Gasteiger partial charge in [-0.2, -0.15) is 0 Å². The summed E-state index contributed by atoms with van der Waals surface area (Å²) in [7, 11) is 0. The zero-order valence-electron chi connectivity index (χ0n) is 8.18. The summed E-state index contributed by atoms with van der Waals surface area (Å²) in [6.07, 6.45) is 5.62. The molecule has 1 N–H and O–H groups in total. The summed E-state index contributed by atoms with van der Waals surface area (Å²) in [5.41, 5.74) is 0. The van der Waals surface area contributed by atoms with Crippen LogP contribution in [0.3, 0.4) is 0 Å². The van der Waals surface area contributed by atoms with E-state index in [2.05, 4.69) is 10.2 Å². The average molecular weight is 161 g/mol. The minimum atomic E-state index is 0. The normalized spacial score (nSPS) is 27.0. The molecule has 0 aromatic rings. The van der Waals surface area contributed by atoms with Gasteiger partial charge in [-0.05, 0) is 51.9 Å². The van der Waals surface area contributed by atoms with Crippen molar-refractivity contribution in [1.29, 1.82) is 0 Å². The third-order valence-corrected chi connectivity index (χ3v) is 2.97. The molecule has 0 aliphatic carbocycles. The van der Waals surface area contributed by atoms with E-state index in [1.807, 2.05) is 0 Å². The Kier molecular flexibility index (Phi) is 4.67. The van der Waals surface area contributed by atoms with Gasteiger partial charge in [-0.15, -0.1) is 0 Å². The molecule has 2 fully saturated rings. The van der Waals surface area contributed by atoms with E-state index >= 15 is 0 Å². The molecule has 0 aromatic carbocycles. The van der Waals surface area contributed by atoms with Crippen LogP contribution in [0.1, 0.15) is 25.7 Å². The first-order valence-electron chi connectivity index (χ1n) is 4.91. The van der Waals surface area contributed by atoms with Crippen LogP contribution in [0.2, 0.25) is 0 Å². The molecule has 0 amide bonds. The summed E-state index contributed by atoms with van der Waals surface area (Å²) >= 11 is 0. The molecule has 0 bridgehead atoms. The van der Waals surface area contributed by atoms with E-state index < -0.39 is 0 Å². The van der Waals surface area contributed by atoms with Crippen LogP contribution in [0, 0.1) is 0 Å². The Labute approximate surface area is 87.3 Å². The molecule has 12 heavy (non-hydrogen) atoms. The maximum absolute atomic E-state index is 3.41. The van der Waals surface area contributed by atoms with E-state index in [4.69, 9.17) is 0 Å². The monoisotopic (exact) mass is 161 g/mol. The van der Waals surface area contributed by atoms with Crippen molar-refractivity contribution in [3.8, 4) is 0 Å². The molecule has 0 spiro atoms. The number of piperidine rings is 1. The molecule has 0 saturated carbocycles. The molecule has 0 aromatic heterocycles. The maximum Gasteiger partial charge on any atom is 0.0119 e. The minimum absolute atomic E-state index is 0. The fraction of sp³-hybridized carbons (Fsp3) is 1.00. The molecule has 65 valence electrons. The van der Waals surface area contributed by atoms with Crippen LogP contribution < -0.4 is 5.32 Å². The largest absolute Gasteiger partial charge is 0.317 e. The van der Waals surface area contributed by atoms with Crippen molar-refractivity contribution in [2.75, 3.05) is 26.2 Å². The van der Waals surface area contributed by atoms with Crippen LogP contribution in [0.15, 0.2) is 0 Å². The van der Waals surface area contributed by atoms with Gasteiger partial charge in [0.15, 0.2) is 0 Å². The summed E-state index contributed by atoms with van der Waals surface area (Å²) in [5, 5.41) is 3.41. The fourth-order valence-corrected chi connectivity index (χ4v) is 2.28. The second kappa shape index (κ2) is 5.29. The van der Waals surface area contributed by atoms with Gasteiger partial charge in [0, 0.05) is 24.9 Å². The minimum Gasteiger partial charge on any atom is -0.317 e. The Hall–Kier alpha value is 0.517. The van der Waals surface area contributed by atoms with Crippen molar-refractivity contribution in [1.82, 2.24) is 10.2 Å². The number of nitrogens with one attached hydrogen (secondary N) is 1. The van der Waals surface area contributed by atoms with Crippen LogP contribution in [0.4, 0.5) is 0 Å². The van der Waals surface area contributed by atoms with Gasteiger partial charge in [0.2, 0.25) is 0 Å². The van der Waals surface area contributed by atoms with Crippen LogP contribution in [0.25, 0.3) is 0 Å². The van der Waals surface area contributed by atoms with Crippen molar-refractivity contribution in [2.45, 2.75) is 31.7 Å². The molecular weight excluding hydrogens is 143 g/mol. The Balaban J connectivity index is 0.000000720. The zero-order chi connectivity index (χ0) is 7.52. The van der Waals surface area contributed by atoms with E-state index in [1.165, 1.54) is 51.9 Å². The third kappa shape index (κ3) is 2.50. The Morgan fingerprint density at radius 1 is 1.00 bits per heavy atom. The number of likely N-dealkylation sites (tertiary alicyclic amines) is 1. The molecule has 0 atom stereocenters. The first-order chi connectivity index (χ1) is 5.47. The second-order valence-corrected chi connectivity index (χ2v) is 3.72. The first kappa shape index (κ1) is 10.6. The molecule has 1 radical (unpaired) electrons. The van der Waals surface area contributed by atoms with Gasteiger partial charge in [-0.25, -0.2) is 0 Å². The molecule has 3 heteroatoms. The number of hydrogen-bond donors (Lipinski definition) is 1. The first-order valence-corrected chi connectivity index (χ1v) is 4.91. The maximum atomic E-state index is 3.41. The SMILES string of the molecule is C1CCN(C2CCNCC2)C1.[Li]. The predicted molar refractivity (Wildman–Crippen MR) is 52.5 cm³/mol. The van der Waals surface area contributed by atoms with E-state index in [1.54, 1.807) is 0 Å². The van der Waals surface area contributed by atoms with Gasteiger partial charge >= 0.3 is 0 Å². The molecule has 2 nitrogen and oxygen atoms in total. The van der Waals surface area contributed by atoms with Crippen molar-refractivity contribution >= 4 is 18.9 Å². The van der Waals surface area contributed by atoms with Gasteiger partial charge in [-0.1, -0.05) is 0 Å². The Morgan fingerprint density at radius 2 is 1.58 bits per heavy atom. The summed E-state index contributed by atoms with van der Waals surface area (Å²) in [6.45, 7) is 5.21. The predicted octanol–water partition coefficient (Wildman–Crippen LogP) is 0.453. The van der Waals surface area contributed by atoms with E-state index in [0.29, 0.717) is 0 Å². The molecule has 2 saturated heterocycles. The van der Waals surface area contributed by atoms with E-state index in [0.717, 1.165) is 6.04 Å². The average Bonchev–Trinajstić information content (AvgIpc) is 2.58. The van der Waals surface area contributed by atoms with Gasteiger partial charge in [0.25, 0.3) is 0 Å². The standard InChI is InChI=1S/C9H18N2.Li/c1-2-8-11(7-1)9-3-5-10-6-4-9;/h9-10H,1-8H2;. The number of rotatable bonds is 1. The second-order valence-electron chi connectivity index (χ2n) is 3.72. The third-order valence-electron chi connectivity index (χ3n) is 2.97. The molecule has 2 aliphatic rings. The molecule has 2 aliphatic heterocycles. The van der Waals surface area contributed by atoms with Crippen molar-refractivity contribution in [2.24, 2.45) is 0 Å². The number of nitrogens with zero attached hydrogens (tertiary/aromatic N) is 1. The molecule has 2 rings (SSSR count). The van der Waals surface area contributed by atoms with Crippen molar-refractivity contribution in [3.63, 3.8) is 0 Å². The van der Waals surface area contributed by atoms with Crippen LogP contribution in [-0.2, 0) is 0 Å². The van der Waals surface area contributed by atoms with Gasteiger partial charge < -0.3 is 10.2 Å². The van der Waals surface area contributed by atoms with Crippen LogP contribution in [-0.4, -0.2) is 56.0 Å². The van der Waals surface area contributed by atoms with Crippen LogP contribution in [0.5, 0.6) is 0 Å². The molecular formula is C9H18LiN2. The topological polar surface area (TPSA) is 15.3 Å². The molecule has 0 unspecified atom stereocenters. The Bertz CT molecular complexity index is 118. The Morgan fingerprint density at radius 3 is 2.17 bits per heavy atom. The summed E-state index contributed by atoms with van der Waals surface area (Å²) in [6, 6.07) is 0.916. The molecule has 2 heterocycles. The summed E-state index contributed by atoms with van der Waals surface area (Å²) < 4.78 is 0. The smallest absolute Gasteiger partial charge is 0.0119 e.